The van der Waals surface area contributed by atoms with Crippen LogP contribution in [0.1, 0.15) is 23.1 Å². The molecule has 10 heteroatoms. The summed E-state index contributed by atoms with van der Waals surface area (Å²) in [5, 5.41) is 0. The SMILES string of the molecule is NC1CCc2cccc(Cn3c(=O)oc4cc(S(=O)(=O)Nc5cccc(F)n5)ccc43)c2C1. The molecule has 3 N–H and O–H groups in total. The summed E-state index contributed by atoms with van der Waals surface area (Å²) in [6.07, 6.45) is 2.58. The Kier molecular flexibility index (Phi) is 5.26. The maximum absolute atomic E-state index is 13.3. The molecular weight excluding hydrogens is 447 g/mol. The van der Waals surface area contributed by atoms with Crippen molar-refractivity contribution in [3.8, 4) is 0 Å². The molecule has 0 spiro atoms. The fraction of sp³-hybridized carbons (Fsp3) is 0.217. The Hall–Kier alpha value is -3.50. The number of anilines is 1. The molecular formula is C23H21FN4O4S. The van der Waals surface area contributed by atoms with Crippen LogP contribution in [0.25, 0.3) is 11.1 Å². The number of rotatable bonds is 5. The average molecular weight is 469 g/mol. The van der Waals surface area contributed by atoms with Crippen LogP contribution in [0, 0.1) is 5.95 Å². The molecule has 33 heavy (non-hydrogen) atoms. The van der Waals surface area contributed by atoms with E-state index < -0.39 is 21.7 Å². The van der Waals surface area contributed by atoms with E-state index in [0.29, 0.717) is 12.1 Å². The van der Waals surface area contributed by atoms with E-state index in [0.717, 1.165) is 36.5 Å². The lowest BCUT2D eigenvalue weighted by Crippen LogP contribution is -2.29. The molecule has 2 aromatic heterocycles. The highest BCUT2D eigenvalue weighted by atomic mass is 32.2. The van der Waals surface area contributed by atoms with Crippen molar-refractivity contribution in [2.75, 3.05) is 4.72 Å². The van der Waals surface area contributed by atoms with Crippen LogP contribution in [-0.4, -0.2) is 24.0 Å². The van der Waals surface area contributed by atoms with Gasteiger partial charge in [0.2, 0.25) is 5.95 Å². The predicted molar refractivity (Wildman–Crippen MR) is 121 cm³/mol. The van der Waals surface area contributed by atoms with E-state index in [1.807, 2.05) is 12.1 Å². The van der Waals surface area contributed by atoms with Gasteiger partial charge in [-0.15, -0.1) is 0 Å². The molecule has 1 aliphatic rings. The van der Waals surface area contributed by atoms with E-state index in [1.54, 1.807) is 0 Å². The van der Waals surface area contributed by atoms with E-state index in [2.05, 4.69) is 15.8 Å². The normalized spacial score (nSPS) is 16.0. The van der Waals surface area contributed by atoms with E-state index in [9.17, 15) is 17.6 Å². The van der Waals surface area contributed by atoms with E-state index >= 15 is 0 Å². The first-order chi connectivity index (χ1) is 15.8. The number of oxazole rings is 1. The van der Waals surface area contributed by atoms with Gasteiger partial charge < -0.3 is 10.2 Å². The number of hydrogen-bond acceptors (Lipinski definition) is 6. The Balaban J connectivity index is 1.49. The molecule has 8 nitrogen and oxygen atoms in total. The molecule has 1 unspecified atom stereocenters. The second kappa shape index (κ2) is 8.13. The van der Waals surface area contributed by atoms with Crippen molar-refractivity contribution < 1.29 is 17.2 Å². The zero-order valence-corrected chi connectivity index (χ0v) is 18.3. The second-order valence-electron chi connectivity index (χ2n) is 8.09. The highest BCUT2D eigenvalue weighted by Crippen LogP contribution is 2.26. The third kappa shape index (κ3) is 4.14. The van der Waals surface area contributed by atoms with Crippen LogP contribution in [0.2, 0.25) is 0 Å². The summed E-state index contributed by atoms with van der Waals surface area (Å²) in [5.41, 5.74) is 10.1. The lowest BCUT2D eigenvalue weighted by atomic mass is 9.85. The van der Waals surface area contributed by atoms with Gasteiger partial charge in [0, 0.05) is 12.1 Å². The van der Waals surface area contributed by atoms with Crippen LogP contribution in [0.3, 0.4) is 0 Å². The fourth-order valence-corrected chi connectivity index (χ4v) is 5.25. The number of aryl methyl sites for hydroxylation is 1. The van der Waals surface area contributed by atoms with Crippen molar-refractivity contribution in [1.29, 1.82) is 0 Å². The highest BCUT2D eigenvalue weighted by molar-refractivity contribution is 7.92. The van der Waals surface area contributed by atoms with Crippen LogP contribution in [0.5, 0.6) is 0 Å². The standard InChI is InChI=1S/C23H21FN4O4S/c24-21-5-2-6-22(26-21)27-33(30,31)17-9-10-19-20(12-17)32-23(29)28(19)13-15-4-1-3-14-7-8-16(25)11-18(14)15/h1-6,9-10,12,16H,7-8,11,13,25H2,(H,26,27). The maximum atomic E-state index is 13.3. The van der Waals surface area contributed by atoms with Gasteiger partial charge >= 0.3 is 5.76 Å². The molecule has 0 fully saturated rings. The summed E-state index contributed by atoms with van der Waals surface area (Å²) < 4.78 is 47.8. The largest absolute Gasteiger partial charge is 0.420 e. The minimum absolute atomic E-state index is 0.0873. The molecule has 1 atom stereocenters. The number of halogens is 1. The van der Waals surface area contributed by atoms with Crippen molar-refractivity contribution in [1.82, 2.24) is 9.55 Å². The molecule has 0 aliphatic heterocycles. The van der Waals surface area contributed by atoms with Gasteiger partial charge in [-0.05, 0) is 60.2 Å². The van der Waals surface area contributed by atoms with Crippen LogP contribution in [-0.2, 0) is 29.4 Å². The molecule has 1 aliphatic carbocycles. The number of benzene rings is 2. The first kappa shape index (κ1) is 21.4. The molecule has 5 rings (SSSR count). The third-order valence-electron chi connectivity index (χ3n) is 5.85. The van der Waals surface area contributed by atoms with Crippen molar-refractivity contribution >= 4 is 26.9 Å². The quantitative estimate of drug-likeness (QED) is 0.435. The molecule has 0 saturated heterocycles. The average Bonchev–Trinajstić information content (AvgIpc) is 3.08. The Bertz CT molecular complexity index is 1530. The molecule has 0 bridgehead atoms. The molecule has 4 aromatic rings. The third-order valence-corrected chi connectivity index (χ3v) is 7.21. The maximum Gasteiger partial charge on any atom is 0.420 e. The Morgan fingerprint density at radius 2 is 2.00 bits per heavy atom. The summed E-state index contributed by atoms with van der Waals surface area (Å²) in [5.74, 6) is -1.55. The number of aromatic nitrogens is 2. The summed E-state index contributed by atoms with van der Waals surface area (Å²) >= 11 is 0. The van der Waals surface area contributed by atoms with Crippen molar-refractivity contribution in [3.05, 3.63) is 87.8 Å². The van der Waals surface area contributed by atoms with E-state index in [-0.39, 0.29) is 22.3 Å². The number of fused-ring (bicyclic) bond motifs is 2. The van der Waals surface area contributed by atoms with Gasteiger partial charge in [0.25, 0.3) is 10.0 Å². The van der Waals surface area contributed by atoms with Gasteiger partial charge in [0.1, 0.15) is 5.82 Å². The zero-order valence-electron chi connectivity index (χ0n) is 17.5. The summed E-state index contributed by atoms with van der Waals surface area (Å²) in [7, 11) is -4.07. The first-order valence-electron chi connectivity index (χ1n) is 10.4. The summed E-state index contributed by atoms with van der Waals surface area (Å²) in [6, 6.07) is 14.1. The number of nitrogens with zero attached hydrogens (tertiary/aromatic N) is 2. The van der Waals surface area contributed by atoms with Crippen LogP contribution in [0.15, 0.2) is 68.7 Å². The smallest absolute Gasteiger partial charge is 0.408 e. The Labute approximate surface area is 188 Å². The molecule has 2 heterocycles. The van der Waals surface area contributed by atoms with Gasteiger partial charge in [-0.1, -0.05) is 24.3 Å². The van der Waals surface area contributed by atoms with Gasteiger partial charge in [-0.2, -0.15) is 4.39 Å². The van der Waals surface area contributed by atoms with Gasteiger partial charge in [0.05, 0.1) is 17.0 Å². The lowest BCUT2D eigenvalue weighted by molar-refractivity contribution is 0.514. The monoisotopic (exact) mass is 468 g/mol. The van der Waals surface area contributed by atoms with Crippen LogP contribution < -0.4 is 16.2 Å². The molecule has 0 amide bonds. The highest BCUT2D eigenvalue weighted by Gasteiger charge is 2.21. The molecule has 0 saturated carbocycles. The second-order valence-corrected chi connectivity index (χ2v) is 9.77. The zero-order chi connectivity index (χ0) is 23.2. The van der Waals surface area contributed by atoms with Crippen LogP contribution >= 0.6 is 0 Å². The minimum Gasteiger partial charge on any atom is -0.408 e. The number of nitrogens with two attached hydrogens (primary N) is 1. The minimum atomic E-state index is -4.07. The van der Waals surface area contributed by atoms with E-state index in [1.165, 1.54) is 40.5 Å². The van der Waals surface area contributed by atoms with Gasteiger partial charge in [-0.3, -0.25) is 9.29 Å². The first-order valence-corrected chi connectivity index (χ1v) is 11.9. The Morgan fingerprint density at radius 1 is 1.18 bits per heavy atom. The number of pyridine rings is 1. The van der Waals surface area contributed by atoms with Crippen molar-refractivity contribution in [3.63, 3.8) is 0 Å². The van der Waals surface area contributed by atoms with Crippen molar-refractivity contribution in [2.24, 2.45) is 5.73 Å². The van der Waals surface area contributed by atoms with Crippen LogP contribution in [0.4, 0.5) is 10.2 Å². The Morgan fingerprint density at radius 3 is 2.82 bits per heavy atom. The predicted octanol–water partition coefficient (Wildman–Crippen LogP) is 2.79. The molecule has 170 valence electrons. The summed E-state index contributed by atoms with van der Waals surface area (Å²) in [4.78, 5) is 16.0. The number of nitrogens with one attached hydrogen (secondary N) is 1. The fourth-order valence-electron chi connectivity index (χ4n) is 4.23. The number of sulfonamides is 1. The molecule has 2 aromatic carbocycles. The number of hydrogen-bond donors (Lipinski definition) is 2. The van der Waals surface area contributed by atoms with Gasteiger partial charge in [0.15, 0.2) is 5.58 Å². The summed E-state index contributed by atoms with van der Waals surface area (Å²) in [6.45, 7) is 0.291. The lowest BCUT2D eigenvalue weighted by Gasteiger charge is -2.24. The molecule has 0 radical (unpaired) electrons. The topological polar surface area (TPSA) is 120 Å². The van der Waals surface area contributed by atoms with Crippen molar-refractivity contribution in [2.45, 2.75) is 36.7 Å². The van der Waals surface area contributed by atoms with Gasteiger partial charge in [-0.25, -0.2) is 18.2 Å². The van der Waals surface area contributed by atoms with E-state index in [4.69, 9.17) is 10.2 Å².